The standard InChI is InChI=1S/C32H38N2O10S2/c1-45(39,40)29-6-3-5-28(17-29)43-22-27(36)19-34(31(37)38)26-18-32(44-21-26)12-14-33(15-13-32)46(41,42)30-7-2-4-25(16-30)24-10-8-23(20-35)9-11-24/h2-11,16-17,26-27,35-36H,12-15,18-22H2,1H3,(H,37,38)/t26?,27-/m0/s1. The monoisotopic (exact) mass is 674 g/mol. The number of hydrogen-bond donors (Lipinski definition) is 3. The lowest BCUT2D eigenvalue weighted by Gasteiger charge is -2.38. The first-order chi connectivity index (χ1) is 21.8. The van der Waals surface area contributed by atoms with Crippen LogP contribution in [0.3, 0.4) is 0 Å². The molecular weight excluding hydrogens is 636 g/mol. The summed E-state index contributed by atoms with van der Waals surface area (Å²) in [5, 5.41) is 29.8. The second-order valence-electron chi connectivity index (χ2n) is 11.8. The molecule has 1 unspecified atom stereocenters. The number of ether oxygens (including phenoxy) is 2. The van der Waals surface area contributed by atoms with Crippen molar-refractivity contribution in [2.75, 3.05) is 39.1 Å². The largest absolute Gasteiger partial charge is 0.491 e. The van der Waals surface area contributed by atoms with Crippen molar-refractivity contribution in [3.05, 3.63) is 78.4 Å². The second kappa shape index (κ2) is 13.7. The van der Waals surface area contributed by atoms with Crippen molar-refractivity contribution in [2.24, 2.45) is 0 Å². The van der Waals surface area contributed by atoms with Crippen LogP contribution in [0.4, 0.5) is 4.79 Å². The third-order valence-corrected chi connectivity index (χ3v) is 11.5. The number of hydrogen-bond acceptors (Lipinski definition) is 9. The normalized spacial score (nSPS) is 19.2. The van der Waals surface area contributed by atoms with Crippen LogP contribution in [0.25, 0.3) is 11.1 Å². The van der Waals surface area contributed by atoms with Gasteiger partial charge in [-0.25, -0.2) is 21.6 Å². The van der Waals surface area contributed by atoms with Crippen molar-refractivity contribution < 1.29 is 46.4 Å². The summed E-state index contributed by atoms with van der Waals surface area (Å²) < 4.78 is 63.9. The van der Waals surface area contributed by atoms with E-state index < -0.39 is 43.7 Å². The number of carbonyl (C=O) groups is 1. The molecule has 1 spiro atoms. The maximum Gasteiger partial charge on any atom is 0.407 e. The van der Waals surface area contributed by atoms with E-state index in [2.05, 4.69) is 0 Å². The minimum atomic E-state index is -3.80. The quantitative estimate of drug-likeness (QED) is 0.275. The third-order valence-electron chi connectivity index (χ3n) is 8.53. The number of carboxylic acid groups (broad SMARTS) is 1. The van der Waals surface area contributed by atoms with E-state index in [1.54, 1.807) is 36.4 Å². The highest BCUT2D eigenvalue weighted by Gasteiger charge is 2.47. The number of aliphatic hydroxyl groups is 2. The number of aliphatic hydroxyl groups excluding tert-OH is 2. The van der Waals surface area contributed by atoms with Crippen molar-refractivity contribution in [1.29, 1.82) is 0 Å². The fourth-order valence-corrected chi connectivity index (χ4v) is 8.08. The van der Waals surface area contributed by atoms with Crippen molar-refractivity contribution in [1.82, 2.24) is 9.21 Å². The minimum absolute atomic E-state index is 0.0672. The summed E-state index contributed by atoms with van der Waals surface area (Å²) in [5.41, 5.74) is 1.65. The van der Waals surface area contributed by atoms with Crippen LogP contribution in [-0.2, 0) is 31.2 Å². The number of rotatable bonds is 11. The highest BCUT2D eigenvalue weighted by atomic mass is 32.2. The lowest BCUT2D eigenvalue weighted by Crippen LogP contribution is -2.48. The van der Waals surface area contributed by atoms with E-state index in [0.717, 1.165) is 27.8 Å². The lowest BCUT2D eigenvalue weighted by molar-refractivity contribution is -0.0319. The molecule has 2 fully saturated rings. The predicted octanol–water partition coefficient (Wildman–Crippen LogP) is 2.98. The zero-order chi connectivity index (χ0) is 33.1. The number of amides is 1. The molecule has 1 amide bonds. The Morgan fingerprint density at radius 1 is 1.00 bits per heavy atom. The van der Waals surface area contributed by atoms with Gasteiger partial charge in [-0.1, -0.05) is 42.5 Å². The summed E-state index contributed by atoms with van der Waals surface area (Å²) in [5.74, 6) is 0.233. The average molecular weight is 675 g/mol. The SMILES string of the molecule is CS(=O)(=O)c1cccc(OC[C@@H](O)CN(C(=O)O)C2COC3(CCN(S(=O)(=O)c4cccc(-c5ccc(CO)cc5)c4)CC3)C2)c1. The molecule has 2 aliphatic heterocycles. The van der Waals surface area contributed by atoms with Crippen LogP contribution in [0.2, 0.25) is 0 Å². The smallest absolute Gasteiger partial charge is 0.407 e. The molecule has 2 aliphatic rings. The number of benzene rings is 3. The molecule has 2 atom stereocenters. The van der Waals surface area contributed by atoms with Gasteiger partial charge in [0.05, 0.1) is 41.2 Å². The molecule has 0 bridgehead atoms. The van der Waals surface area contributed by atoms with Crippen molar-refractivity contribution in [3.63, 3.8) is 0 Å². The molecule has 0 aliphatic carbocycles. The predicted molar refractivity (Wildman–Crippen MR) is 169 cm³/mol. The zero-order valence-corrected chi connectivity index (χ0v) is 27.0. The molecule has 3 N–H and O–H groups in total. The van der Waals surface area contributed by atoms with Crippen LogP contribution in [0.15, 0.2) is 82.6 Å². The maximum absolute atomic E-state index is 13.6. The molecule has 46 heavy (non-hydrogen) atoms. The number of piperidine rings is 1. The molecular formula is C32H38N2O10S2. The minimum Gasteiger partial charge on any atom is -0.491 e. The summed E-state index contributed by atoms with van der Waals surface area (Å²) in [6, 6.07) is 19.3. The molecule has 14 heteroatoms. The molecule has 3 aromatic rings. The van der Waals surface area contributed by atoms with E-state index in [9.17, 15) is 36.9 Å². The van der Waals surface area contributed by atoms with Gasteiger partial charge in [0.15, 0.2) is 9.84 Å². The Kier molecular flexibility index (Phi) is 10.1. The fraction of sp³-hybridized carbons (Fsp3) is 0.406. The Hall–Kier alpha value is -3.53. The Labute approximate surface area is 268 Å². The van der Waals surface area contributed by atoms with E-state index in [4.69, 9.17) is 9.47 Å². The van der Waals surface area contributed by atoms with Gasteiger partial charge in [0.1, 0.15) is 18.5 Å². The lowest BCUT2D eigenvalue weighted by atomic mass is 9.88. The van der Waals surface area contributed by atoms with Crippen molar-refractivity contribution in [2.45, 2.75) is 53.4 Å². The molecule has 2 saturated heterocycles. The van der Waals surface area contributed by atoms with E-state index >= 15 is 0 Å². The summed E-state index contributed by atoms with van der Waals surface area (Å²) in [7, 11) is -7.24. The van der Waals surface area contributed by atoms with E-state index in [0.29, 0.717) is 19.3 Å². The van der Waals surface area contributed by atoms with Crippen molar-refractivity contribution in [3.8, 4) is 16.9 Å². The van der Waals surface area contributed by atoms with Crippen LogP contribution in [-0.4, -0.2) is 104 Å². The Bertz CT molecular complexity index is 1760. The molecule has 3 aromatic carbocycles. The van der Waals surface area contributed by atoms with Crippen LogP contribution in [0, 0.1) is 0 Å². The van der Waals surface area contributed by atoms with Gasteiger partial charge in [-0.15, -0.1) is 0 Å². The zero-order valence-electron chi connectivity index (χ0n) is 25.4. The molecule has 5 rings (SSSR count). The molecule has 248 valence electrons. The third kappa shape index (κ3) is 7.70. The van der Waals surface area contributed by atoms with Gasteiger partial charge in [-0.3, -0.25) is 0 Å². The molecule has 0 saturated carbocycles. The van der Waals surface area contributed by atoms with Gasteiger partial charge in [-0.05, 0) is 66.3 Å². The summed E-state index contributed by atoms with van der Waals surface area (Å²) >= 11 is 0. The van der Waals surface area contributed by atoms with E-state index in [1.165, 1.54) is 22.5 Å². The fourth-order valence-electron chi connectivity index (χ4n) is 5.94. The number of nitrogens with zero attached hydrogens (tertiary/aromatic N) is 2. The highest BCUT2D eigenvalue weighted by molar-refractivity contribution is 7.90. The van der Waals surface area contributed by atoms with Gasteiger partial charge in [0, 0.05) is 19.3 Å². The van der Waals surface area contributed by atoms with Gasteiger partial charge in [0.25, 0.3) is 0 Å². The Morgan fingerprint density at radius 3 is 2.33 bits per heavy atom. The van der Waals surface area contributed by atoms with Gasteiger partial charge in [0.2, 0.25) is 10.0 Å². The Morgan fingerprint density at radius 2 is 1.67 bits per heavy atom. The molecule has 2 heterocycles. The maximum atomic E-state index is 13.6. The van der Waals surface area contributed by atoms with Crippen LogP contribution >= 0.6 is 0 Å². The van der Waals surface area contributed by atoms with E-state index in [-0.39, 0.29) is 55.0 Å². The summed E-state index contributed by atoms with van der Waals surface area (Å²) in [6.07, 6.45) is -0.205. The van der Waals surface area contributed by atoms with Gasteiger partial charge >= 0.3 is 6.09 Å². The molecule has 0 aromatic heterocycles. The Balaban J connectivity index is 1.18. The van der Waals surface area contributed by atoms with Gasteiger partial charge < -0.3 is 29.7 Å². The second-order valence-corrected chi connectivity index (χ2v) is 15.7. The summed E-state index contributed by atoms with van der Waals surface area (Å²) in [6.45, 7) is -0.0452. The number of sulfonamides is 1. The topological polar surface area (TPSA) is 171 Å². The van der Waals surface area contributed by atoms with Crippen molar-refractivity contribution >= 4 is 26.0 Å². The first-order valence-electron chi connectivity index (χ1n) is 14.8. The van der Waals surface area contributed by atoms with Crippen LogP contribution in [0.1, 0.15) is 24.8 Å². The van der Waals surface area contributed by atoms with Crippen LogP contribution in [0.5, 0.6) is 5.75 Å². The molecule has 12 nitrogen and oxygen atoms in total. The van der Waals surface area contributed by atoms with E-state index in [1.807, 2.05) is 18.2 Å². The average Bonchev–Trinajstić information content (AvgIpc) is 3.45. The van der Waals surface area contributed by atoms with Crippen LogP contribution < -0.4 is 4.74 Å². The highest BCUT2D eigenvalue weighted by Crippen LogP contribution is 2.39. The van der Waals surface area contributed by atoms with Gasteiger partial charge in [-0.2, -0.15) is 4.31 Å². The summed E-state index contributed by atoms with van der Waals surface area (Å²) in [4.78, 5) is 13.5. The number of sulfone groups is 1. The molecule has 0 radical (unpaired) electrons. The first kappa shape index (κ1) is 33.8. The first-order valence-corrected chi connectivity index (χ1v) is 18.2.